The number of para-hydroxylation sites is 1. The summed E-state index contributed by atoms with van der Waals surface area (Å²) in [5.74, 6) is 1.78. The molecule has 0 saturated carbocycles. The Labute approximate surface area is 321 Å². The van der Waals surface area contributed by atoms with E-state index in [4.69, 9.17) is 9.15 Å². The Bertz CT molecular complexity index is 3010. The van der Waals surface area contributed by atoms with Crippen LogP contribution in [0.2, 0.25) is 0 Å². The van der Waals surface area contributed by atoms with Crippen molar-refractivity contribution in [3.63, 3.8) is 0 Å². The van der Waals surface area contributed by atoms with Gasteiger partial charge in [-0.2, -0.15) is 0 Å². The van der Waals surface area contributed by atoms with Gasteiger partial charge in [0.05, 0.1) is 11.1 Å². The first-order valence-corrected chi connectivity index (χ1v) is 19.2. The van der Waals surface area contributed by atoms with Crippen molar-refractivity contribution in [2.24, 2.45) is 0 Å². The Kier molecular flexibility index (Phi) is 6.65. The largest absolute Gasteiger partial charge is 0.456 e. The fraction of sp³-hybridized carbons (Fsp3) is 0.115. The van der Waals surface area contributed by atoms with Crippen LogP contribution in [0.4, 0.5) is 17.1 Å². The van der Waals surface area contributed by atoms with Gasteiger partial charge in [-0.3, -0.25) is 0 Å². The number of fused-ring (bicyclic) bond motifs is 10. The molecule has 0 radical (unpaired) electrons. The average molecular weight is 710 g/mol. The second-order valence-corrected chi connectivity index (χ2v) is 16.1. The fourth-order valence-corrected chi connectivity index (χ4v) is 9.39. The molecule has 0 N–H and O–H groups in total. The smallest absolute Gasteiger partial charge is 0.143 e. The molecular weight excluding hydrogens is 671 g/mol. The molecular formula is C52H39NO2. The molecule has 0 fully saturated rings. The maximum Gasteiger partial charge on any atom is 0.143 e. The molecule has 2 aliphatic rings. The van der Waals surface area contributed by atoms with Crippen LogP contribution in [-0.2, 0) is 10.8 Å². The minimum atomic E-state index is -0.280. The van der Waals surface area contributed by atoms with Crippen LogP contribution in [0.25, 0.3) is 55.0 Å². The van der Waals surface area contributed by atoms with Crippen molar-refractivity contribution in [2.45, 2.75) is 38.5 Å². The number of benzene rings is 8. The average Bonchev–Trinajstić information content (AvgIpc) is 3.71. The van der Waals surface area contributed by atoms with Gasteiger partial charge in [0.1, 0.15) is 22.7 Å². The normalized spacial score (nSPS) is 14.6. The van der Waals surface area contributed by atoms with E-state index in [2.05, 4.69) is 184 Å². The highest BCUT2D eigenvalue weighted by Gasteiger charge is 2.37. The molecule has 1 aliphatic heterocycles. The van der Waals surface area contributed by atoms with Crippen LogP contribution in [0.1, 0.15) is 49.9 Å². The van der Waals surface area contributed by atoms with E-state index in [9.17, 15) is 0 Å². The van der Waals surface area contributed by atoms with Crippen molar-refractivity contribution in [2.75, 3.05) is 4.90 Å². The Hall–Kier alpha value is -6.58. The summed E-state index contributed by atoms with van der Waals surface area (Å²) in [4.78, 5) is 2.42. The Morgan fingerprint density at radius 3 is 2.02 bits per heavy atom. The van der Waals surface area contributed by atoms with Gasteiger partial charge >= 0.3 is 0 Å². The minimum Gasteiger partial charge on any atom is -0.456 e. The molecule has 8 aromatic carbocycles. The predicted octanol–water partition coefficient (Wildman–Crippen LogP) is 14.6. The molecule has 0 amide bonds. The summed E-state index contributed by atoms with van der Waals surface area (Å²) < 4.78 is 13.0. The third-order valence-electron chi connectivity index (χ3n) is 12.3. The Morgan fingerprint density at radius 2 is 1.15 bits per heavy atom. The van der Waals surface area contributed by atoms with Gasteiger partial charge in [-0.05, 0) is 93.4 Å². The van der Waals surface area contributed by atoms with E-state index in [1.807, 2.05) is 12.1 Å². The maximum absolute atomic E-state index is 6.77. The standard InChI is InChI=1S/C52H39NO2/c1-51(2)41-17-9-7-15-38(41)39-26-25-36(31-43(39)51)53(45-18-11-13-33-12-5-6-14-37(33)45)35-23-20-32(21-24-35)34-22-28-47-44(30-34)52(3,4)42-27-29-48-49(50(42)55-47)40-16-8-10-19-46(40)54-48/h5-31H,1-4H3. The van der Waals surface area contributed by atoms with Gasteiger partial charge in [0.2, 0.25) is 0 Å². The van der Waals surface area contributed by atoms with E-state index < -0.39 is 0 Å². The van der Waals surface area contributed by atoms with Gasteiger partial charge in [0.15, 0.2) is 0 Å². The molecule has 0 saturated heterocycles. The first-order valence-electron chi connectivity index (χ1n) is 19.2. The van der Waals surface area contributed by atoms with Gasteiger partial charge in [-0.1, -0.05) is 137 Å². The molecule has 11 rings (SSSR count). The van der Waals surface area contributed by atoms with Gasteiger partial charge in [0, 0.05) is 44.1 Å². The van der Waals surface area contributed by atoms with Crippen LogP contribution in [0, 0.1) is 0 Å². The van der Waals surface area contributed by atoms with E-state index in [1.54, 1.807) is 0 Å². The number of rotatable bonds is 4. The molecule has 3 heteroatoms. The molecule has 0 spiro atoms. The van der Waals surface area contributed by atoms with Crippen molar-refractivity contribution >= 4 is 49.8 Å². The van der Waals surface area contributed by atoms with Crippen molar-refractivity contribution in [3.05, 3.63) is 186 Å². The van der Waals surface area contributed by atoms with Gasteiger partial charge in [-0.25, -0.2) is 0 Å². The zero-order valence-corrected chi connectivity index (χ0v) is 31.4. The summed E-state index contributed by atoms with van der Waals surface area (Å²) in [5, 5.41) is 4.56. The van der Waals surface area contributed by atoms with E-state index in [-0.39, 0.29) is 10.8 Å². The zero-order valence-electron chi connectivity index (χ0n) is 31.4. The highest BCUT2D eigenvalue weighted by Crippen LogP contribution is 2.54. The lowest BCUT2D eigenvalue weighted by atomic mass is 9.74. The molecule has 9 aromatic rings. The third kappa shape index (κ3) is 4.63. The molecule has 2 heterocycles. The summed E-state index contributed by atoms with van der Waals surface area (Å²) in [6, 6.07) is 59.3. The van der Waals surface area contributed by atoms with Crippen molar-refractivity contribution in [1.82, 2.24) is 0 Å². The predicted molar refractivity (Wildman–Crippen MR) is 228 cm³/mol. The van der Waals surface area contributed by atoms with Crippen LogP contribution in [-0.4, -0.2) is 0 Å². The van der Waals surface area contributed by atoms with Crippen molar-refractivity contribution in [1.29, 1.82) is 0 Å². The number of nitrogens with zero attached hydrogens (tertiary/aromatic N) is 1. The highest BCUT2D eigenvalue weighted by atomic mass is 16.5. The van der Waals surface area contributed by atoms with Crippen LogP contribution < -0.4 is 9.64 Å². The first-order chi connectivity index (χ1) is 26.8. The van der Waals surface area contributed by atoms with Crippen LogP contribution in [0.15, 0.2) is 168 Å². The topological polar surface area (TPSA) is 25.6 Å². The third-order valence-corrected chi connectivity index (χ3v) is 12.3. The Balaban J connectivity index is 1.00. The van der Waals surface area contributed by atoms with E-state index in [1.165, 1.54) is 38.6 Å². The first kappa shape index (κ1) is 31.9. The molecule has 0 unspecified atom stereocenters. The van der Waals surface area contributed by atoms with Gasteiger partial charge in [-0.15, -0.1) is 0 Å². The summed E-state index contributed by atoms with van der Waals surface area (Å²) in [6.07, 6.45) is 0. The van der Waals surface area contributed by atoms with Crippen molar-refractivity contribution in [3.8, 4) is 33.8 Å². The highest BCUT2D eigenvalue weighted by molar-refractivity contribution is 6.09. The lowest BCUT2D eigenvalue weighted by molar-refractivity contribution is 0.423. The number of ether oxygens (including phenoxy) is 1. The number of furan rings is 1. The fourth-order valence-electron chi connectivity index (χ4n) is 9.39. The number of hydrogen-bond acceptors (Lipinski definition) is 3. The van der Waals surface area contributed by atoms with E-state index in [0.29, 0.717) is 0 Å². The second-order valence-electron chi connectivity index (χ2n) is 16.1. The summed E-state index contributed by atoms with van der Waals surface area (Å²) in [6.45, 7) is 9.29. The molecule has 3 nitrogen and oxygen atoms in total. The summed E-state index contributed by atoms with van der Waals surface area (Å²) in [7, 11) is 0. The molecule has 264 valence electrons. The maximum atomic E-state index is 6.77. The molecule has 0 atom stereocenters. The van der Waals surface area contributed by atoms with Gasteiger partial charge in [0.25, 0.3) is 0 Å². The van der Waals surface area contributed by atoms with E-state index in [0.717, 1.165) is 67.2 Å². The molecule has 0 bridgehead atoms. The van der Waals surface area contributed by atoms with E-state index >= 15 is 0 Å². The number of hydrogen-bond donors (Lipinski definition) is 0. The zero-order chi connectivity index (χ0) is 37.1. The number of anilines is 3. The Morgan fingerprint density at radius 1 is 0.455 bits per heavy atom. The quantitative estimate of drug-likeness (QED) is 0.182. The van der Waals surface area contributed by atoms with Crippen molar-refractivity contribution < 1.29 is 9.15 Å². The lowest BCUT2D eigenvalue weighted by Gasteiger charge is -2.35. The summed E-state index contributed by atoms with van der Waals surface area (Å²) >= 11 is 0. The van der Waals surface area contributed by atoms with Crippen LogP contribution in [0.5, 0.6) is 11.5 Å². The molecule has 1 aromatic heterocycles. The SMILES string of the molecule is CC1(C)c2ccccc2-c2ccc(N(c3ccc(-c4ccc5c(c4)C(C)(C)c4ccc6oc7ccccc7c6c4O5)cc3)c3cccc4ccccc34)cc21. The van der Waals surface area contributed by atoms with Gasteiger partial charge < -0.3 is 14.1 Å². The van der Waals surface area contributed by atoms with Crippen LogP contribution in [0.3, 0.4) is 0 Å². The minimum absolute atomic E-state index is 0.0982. The second kappa shape index (κ2) is 11.5. The summed E-state index contributed by atoms with van der Waals surface area (Å²) in [5.41, 5.74) is 14.8. The lowest BCUT2D eigenvalue weighted by Crippen LogP contribution is -2.24. The monoisotopic (exact) mass is 709 g/mol. The van der Waals surface area contributed by atoms with Crippen LogP contribution >= 0.6 is 0 Å². The molecule has 1 aliphatic carbocycles. The molecule has 55 heavy (non-hydrogen) atoms.